The Bertz CT molecular complexity index is 473. The number of nitrogens with zero attached hydrogens (tertiary/aromatic N) is 2. The van der Waals surface area contributed by atoms with Crippen LogP contribution >= 0.6 is 11.3 Å². The van der Waals surface area contributed by atoms with Gasteiger partial charge in [-0.05, 0) is 56.8 Å². The molecule has 1 saturated heterocycles. The minimum absolute atomic E-state index is 0.125. The van der Waals surface area contributed by atoms with Crippen LogP contribution in [0.15, 0.2) is 22.5 Å². The van der Waals surface area contributed by atoms with E-state index >= 15 is 0 Å². The van der Waals surface area contributed by atoms with Gasteiger partial charge < -0.3 is 15.5 Å². The van der Waals surface area contributed by atoms with Gasteiger partial charge in [0, 0.05) is 30.4 Å². The largest absolute Gasteiger partial charge is 0.356 e. The maximum Gasteiger partial charge on any atom is 0.191 e. The molecular formula is C18H32N4S. The average Bonchev–Trinajstić information content (AvgIpc) is 3.08. The van der Waals surface area contributed by atoms with Gasteiger partial charge >= 0.3 is 0 Å². The molecule has 0 aromatic carbocycles. The monoisotopic (exact) mass is 336 g/mol. The molecule has 1 fully saturated rings. The summed E-state index contributed by atoms with van der Waals surface area (Å²) in [5.41, 5.74) is 0.125. The highest BCUT2D eigenvalue weighted by atomic mass is 32.1. The van der Waals surface area contributed by atoms with Gasteiger partial charge in [0.2, 0.25) is 0 Å². The molecule has 4 nitrogen and oxygen atoms in total. The standard InChI is InChI=1S/C18H32N4S/c1-18(2,16-6-5-13-23-16)14-21-17(19-3)20-10-7-15-8-11-22(4)12-9-15/h5-6,13,15H,7-12,14H2,1-4H3,(H2,19,20,21). The lowest BCUT2D eigenvalue weighted by atomic mass is 9.91. The molecule has 0 aliphatic carbocycles. The van der Waals surface area contributed by atoms with Crippen molar-refractivity contribution in [1.29, 1.82) is 0 Å². The van der Waals surface area contributed by atoms with Crippen LogP contribution < -0.4 is 10.6 Å². The number of thiophene rings is 1. The first-order chi connectivity index (χ1) is 11.0. The lowest BCUT2D eigenvalue weighted by Crippen LogP contribution is -2.44. The minimum Gasteiger partial charge on any atom is -0.356 e. The molecule has 0 saturated carbocycles. The van der Waals surface area contributed by atoms with Crippen molar-refractivity contribution < 1.29 is 0 Å². The van der Waals surface area contributed by atoms with Crippen molar-refractivity contribution in [3.05, 3.63) is 22.4 Å². The quantitative estimate of drug-likeness (QED) is 0.620. The first kappa shape index (κ1) is 18.3. The number of likely N-dealkylation sites (tertiary alicyclic amines) is 1. The van der Waals surface area contributed by atoms with E-state index in [4.69, 9.17) is 0 Å². The molecule has 1 aliphatic heterocycles. The molecule has 2 rings (SSSR count). The zero-order chi connectivity index (χ0) is 16.7. The summed E-state index contributed by atoms with van der Waals surface area (Å²) in [7, 11) is 4.07. The Balaban J connectivity index is 1.69. The Labute approximate surface area is 145 Å². The molecule has 0 bridgehead atoms. The van der Waals surface area contributed by atoms with E-state index in [1.165, 1.54) is 37.2 Å². The van der Waals surface area contributed by atoms with Crippen molar-refractivity contribution >= 4 is 17.3 Å². The Morgan fingerprint density at radius 1 is 1.35 bits per heavy atom. The van der Waals surface area contributed by atoms with Gasteiger partial charge in [0.15, 0.2) is 5.96 Å². The van der Waals surface area contributed by atoms with Crippen LogP contribution in [0.3, 0.4) is 0 Å². The minimum atomic E-state index is 0.125. The molecule has 1 aromatic heterocycles. The fourth-order valence-corrected chi connectivity index (χ4v) is 3.87. The second-order valence-corrected chi connectivity index (χ2v) is 8.20. The van der Waals surface area contributed by atoms with E-state index in [1.54, 1.807) is 0 Å². The van der Waals surface area contributed by atoms with Crippen LogP contribution in [0, 0.1) is 5.92 Å². The number of hydrogen-bond donors (Lipinski definition) is 2. The van der Waals surface area contributed by atoms with Gasteiger partial charge in [-0.2, -0.15) is 0 Å². The van der Waals surface area contributed by atoms with E-state index in [2.05, 4.69) is 58.9 Å². The summed E-state index contributed by atoms with van der Waals surface area (Å²) in [5, 5.41) is 9.10. The van der Waals surface area contributed by atoms with Crippen LogP contribution in [0.25, 0.3) is 0 Å². The third kappa shape index (κ3) is 5.81. The fourth-order valence-electron chi connectivity index (χ4n) is 3.02. The molecule has 2 N–H and O–H groups in total. The van der Waals surface area contributed by atoms with Crippen molar-refractivity contribution in [2.24, 2.45) is 10.9 Å². The zero-order valence-electron chi connectivity index (χ0n) is 15.1. The van der Waals surface area contributed by atoms with Crippen molar-refractivity contribution in [3.8, 4) is 0 Å². The molecule has 1 aliphatic rings. The third-order valence-corrected chi connectivity index (χ3v) is 6.03. The molecule has 0 spiro atoms. The number of piperidine rings is 1. The Hall–Kier alpha value is -1.07. The van der Waals surface area contributed by atoms with E-state index in [9.17, 15) is 0 Å². The van der Waals surface area contributed by atoms with Gasteiger partial charge in [0.25, 0.3) is 0 Å². The van der Waals surface area contributed by atoms with Crippen molar-refractivity contribution in [2.45, 2.75) is 38.5 Å². The molecule has 0 radical (unpaired) electrons. The Morgan fingerprint density at radius 2 is 2.09 bits per heavy atom. The van der Waals surface area contributed by atoms with E-state index in [1.807, 2.05) is 18.4 Å². The van der Waals surface area contributed by atoms with Crippen molar-refractivity contribution in [3.63, 3.8) is 0 Å². The summed E-state index contributed by atoms with van der Waals surface area (Å²) >= 11 is 1.82. The van der Waals surface area contributed by atoms with Crippen molar-refractivity contribution in [2.75, 3.05) is 40.3 Å². The number of aliphatic imine (C=N–C) groups is 1. The van der Waals surface area contributed by atoms with Gasteiger partial charge in [0.1, 0.15) is 0 Å². The first-order valence-electron chi connectivity index (χ1n) is 8.68. The Kier molecular flexibility index (Phi) is 6.90. The van der Waals surface area contributed by atoms with Crippen molar-refractivity contribution in [1.82, 2.24) is 15.5 Å². The number of hydrogen-bond acceptors (Lipinski definition) is 3. The van der Waals surface area contributed by atoms with Crippen LogP contribution in [0.4, 0.5) is 0 Å². The van der Waals surface area contributed by atoms with Gasteiger partial charge in [-0.15, -0.1) is 11.3 Å². The highest BCUT2D eigenvalue weighted by Crippen LogP contribution is 2.26. The molecule has 2 heterocycles. The number of guanidine groups is 1. The summed E-state index contributed by atoms with van der Waals surface area (Å²) in [6, 6.07) is 4.33. The second kappa shape index (κ2) is 8.69. The normalized spacial score (nSPS) is 18.2. The van der Waals surface area contributed by atoms with Crippen LogP contribution in [-0.2, 0) is 5.41 Å². The van der Waals surface area contributed by atoms with Crippen LogP contribution in [0.2, 0.25) is 0 Å². The summed E-state index contributed by atoms with van der Waals surface area (Å²) in [6.07, 6.45) is 3.90. The molecule has 23 heavy (non-hydrogen) atoms. The highest BCUT2D eigenvalue weighted by molar-refractivity contribution is 7.10. The van der Waals surface area contributed by atoms with Crippen LogP contribution in [-0.4, -0.2) is 51.1 Å². The fraction of sp³-hybridized carbons (Fsp3) is 0.722. The first-order valence-corrected chi connectivity index (χ1v) is 9.56. The number of rotatable bonds is 6. The maximum absolute atomic E-state index is 4.36. The molecule has 0 atom stereocenters. The molecule has 0 amide bonds. The topological polar surface area (TPSA) is 39.7 Å². The van der Waals surface area contributed by atoms with Crippen LogP contribution in [0.1, 0.15) is 38.0 Å². The predicted octanol–water partition coefficient (Wildman–Crippen LogP) is 2.92. The lowest BCUT2D eigenvalue weighted by molar-refractivity contribution is 0.213. The second-order valence-electron chi connectivity index (χ2n) is 7.25. The molecule has 1 aromatic rings. The third-order valence-electron chi connectivity index (χ3n) is 4.79. The molecule has 5 heteroatoms. The van der Waals surface area contributed by atoms with Gasteiger partial charge in [-0.25, -0.2) is 0 Å². The SMILES string of the molecule is CN=C(NCCC1CCN(C)CC1)NCC(C)(C)c1cccs1. The summed E-state index contributed by atoms with van der Waals surface area (Å²) in [6.45, 7) is 8.93. The predicted molar refractivity (Wildman–Crippen MR) is 102 cm³/mol. The summed E-state index contributed by atoms with van der Waals surface area (Å²) < 4.78 is 0. The molecular weight excluding hydrogens is 304 g/mol. The summed E-state index contributed by atoms with van der Waals surface area (Å²) in [4.78, 5) is 8.19. The van der Waals surface area contributed by atoms with E-state index in [0.717, 1.165) is 25.0 Å². The van der Waals surface area contributed by atoms with Gasteiger partial charge in [0.05, 0.1) is 0 Å². The van der Waals surface area contributed by atoms with E-state index < -0.39 is 0 Å². The van der Waals surface area contributed by atoms with E-state index in [0.29, 0.717) is 0 Å². The average molecular weight is 337 g/mol. The van der Waals surface area contributed by atoms with E-state index in [-0.39, 0.29) is 5.41 Å². The smallest absolute Gasteiger partial charge is 0.191 e. The maximum atomic E-state index is 4.36. The molecule has 0 unspecified atom stereocenters. The van der Waals surface area contributed by atoms with Gasteiger partial charge in [-0.1, -0.05) is 19.9 Å². The number of nitrogens with one attached hydrogen (secondary N) is 2. The lowest BCUT2D eigenvalue weighted by Gasteiger charge is -2.29. The summed E-state index contributed by atoms with van der Waals surface area (Å²) in [5.74, 6) is 1.78. The van der Waals surface area contributed by atoms with Gasteiger partial charge in [-0.3, -0.25) is 4.99 Å². The highest BCUT2D eigenvalue weighted by Gasteiger charge is 2.22. The van der Waals surface area contributed by atoms with Crippen LogP contribution in [0.5, 0.6) is 0 Å². The Morgan fingerprint density at radius 3 is 2.70 bits per heavy atom. The molecule has 130 valence electrons. The zero-order valence-corrected chi connectivity index (χ0v) is 15.9.